The zero-order chi connectivity index (χ0) is 19.8. The number of nitrogens with one attached hydrogen (secondary N) is 1. The van der Waals surface area contributed by atoms with E-state index in [9.17, 15) is 15.0 Å². The molecule has 6 nitrogen and oxygen atoms in total. The van der Waals surface area contributed by atoms with Crippen molar-refractivity contribution in [1.29, 1.82) is 0 Å². The van der Waals surface area contributed by atoms with Crippen LogP contribution in [0.3, 0.4) is 0 Å². The number of hydrogen-bond acceptors (Lipinski definition) is 4. The molecule has 0 aliphatic carbocycles. The van der Waals surface area contributed by atoms with E-state index in [-0.39, 0.29) is 22.4 Å². The number of H-pyrrole nitrogens is 1. The van der Waals surface area contributed by atoms with E-state index in [0.717, 1.165) is 20.4 Å². The smallest absolute Gasteiger partial charge is 0.227 e. The Labute approximate surface area is 180 Å². The van der Waals surface area contributed by atoms with Gasteiger partial charge in [-0.05, 0) is 40.3 Å². The third-order valence-corrected chi connectivity index (χ3v) is 6.26. The predicted octanol–water partition coefficient (Wildman–Crippen LogP) is 3.87. The normalized spacial score (nSPS) is 13.4. The number of carbonyl (C=O) groups is 1. The maximum atomic E-state index is 12.9. The van der Waals surface area contributed by atoms with Gasteiger partial charge in [-0.3, -0.25) is 9.89 Å². The molecule has 8 heteroatoms. The number of benzene rings is 2. The molecular weight excluding hydrogens is 493 g/mol. The van der Waals surface area contributed by atoms with E-state index in [1.807, 2.05) is 29.2 Å². The molecule has 2 aromatic carbocycles. The molecule has 0 unspecified atom stereocenters. The van der Waals surface area contributed by atoms with Gasteiger partial charge in [0, 0.05) is 46.0 Å². The fourth-order valence-corrected chi connectivity index (χ4v) is 4.13. The van der Waals surface area contributed by atoms with Gasteiger partial charge in [-0.2, -0.15) is 5.10 Å². The lowest BCUT2D eigenvalue weighted by Crippen LogP contribution is -2.37. The monoisotopic (exact) mass is 509 g/mol. The van der Waals surface area contributed by atoms with Crippen molar-refractivity contribution in [2.75, 3.05) is 6.54 Å². The van der Waals surface area contributed by atoms with Crippen LogP contribution in [0.15, 0.2) is 36.4 Å². The van der Waals surface area contributed by atoms with Gasteiger partial charge >= 0.3 is 0 Å². The third kappa shape index (κ3) is 3.56. The van der Waals surface area contributed by atoms with Crippen LogP contribution in [-0.2, 0) is 24.2 Å². The van der Waals surface area contributed by atoms with Crippen molar-refractivity contribution in [3.63, 3.8) is 0 Å². The molecule has 144 valence electrons. The average molecular weight is 510 g/mol. The van der Waals surface area contributed by atoms with Crippen LogP contribution in [-0.4, -0.2) is 37.8 Å². The first kappa shape index (κ1) is 19.1. The quantitative estimate of drug-likeness (QED) is 0.468. The average Bonchev–Trinajstić information content (AvgIpc) is 3.09. The van der Waals surface area contributed by atoms with E-state index in [2.05, 4.69) is 32.8 Å². The number of phenols is 2. The molecule has 0 saturated heterocycles. The molecule has 1 aliphatic heterocycles. The highest BCUT2D eigenvalue weighted by atomic mass is 127. The molecule has 1 amide bonds. The molecule has 1 aliphatic rings. The van der Waals surface area contributed by atoms with E-state index < -0.39 is 0 Å². The van der Waals surface area contributed by atoms with Gasteiger partial charge in [-0.15, -0.1) is 0 Å². The molecule has 0 atom stereocenters. The van der Waals surface area contributed by atoms with Crippen LogP contribution in [0.2, 0.25) is 5.02 Å². The van der Waals surface area contributed by atoms with Gasteiger partial charge in [0.15, 0.2) is 0 Å². The summed E-state index contributed by atoms with van der Waals surface area (Å²) in [4.78, 5) is 14.7. The Bertz CT molecular complexity index is 1070. The maximum absolute atomic E-state index is 12.9. The summed E-state index contributed by atoms with van der Waals surface area (Å²) in [6.07, 6.45) is 1.00. The molecule has 0 radical (unpaired) electrons. The summed E-state index contributed by atoms with van der Waals surface area (Å²) in [5, 5.41) is 27.4. The molecule has 0 spiro atoms. The van der Waals surface area contributed by atoms with Crippen molar-refractivity contribution in [2.45, 2.75) is 19.4 Å². The maximum Gasteiger partial charge on any atom is 0.227 e. The summed E-state index contributed by atoms with van der Waals surface area (Å²) >= 11 is 8.25. The Morgan fingerprint density at radius 2 is 2.04 bits per heavy atom. The molecule has 3 aromatic rings. The number of carbonyl (C=O) groups excluding carboxylic acids is 1. The van der Waals surface area contributed by atoms with Crippen molar-refractivity contribution < 1.29 is 15.0 Å². The molecular formula is C20H17ClIN3O3. The van der Waals surface area contributed by atoms with Gasteiger partial charge in [0.05, 0.1) is 11.4 Å². The van der Waals surface area contributed by atoms with Crippen LogP contribution in [0.5, 0.6) is 11.5 Å². The topological polar surface area (TPSA) is 89.5 Å². The molecule has 2 heterocycles. The molecule has 0 saturated carbocycles. The minimum absolute atomic E-state index is 0.0508. The van der Waals surface area contributed by atoms with Gasteiger partial charge in [0.1, 0.15) is 17.2 Å². The number of nitrogens with zero attached hydrogens (tertiary/aromatic N) is 2. The van der Waals surface area contributed by atoms with Gasteiger partial charge in [0.25, 0.3) is 0 Å². The van der Waals surface area contributed by atoms with Gasteiger partial charge in [0.2, 0.25) is 5.91 Å². The number of fused-ring (bicyclic) bond motifs is 1. The zero-order valence-corrected chi connectivity index (χ0v) is 17.7. The summed E-state index contributed by atoms with van der Waals surface area (Å²) in [5.74, 6) is -0.255. The standard InChI is InChI=1S/C20H17ClIN3O3/c21-14-8-12(17(26)9-18(14)27)20-13-10-25(6-5-16(13)23-24-20)19(28)7-11-3-1-2-4-15(11)22/h1-4,8-9,26-27H,5-7,10H2,(H,23,24). The first-order valence-corrected chi connectivity index (χ1v) is 10.2. The van der Waals surface area contributed by atoms with Gasteiger partial charge in [-0.25, -0.2) is 0 Å². The number of hydrogen-bond donors (Lipinski definition) is 3. The first-order chi connectivity index (χ1) is 13.4. The summed E-state index contributed by atoms with van der Waals surface area (Å²) < 4.78 is 1.07. The van der Waals surface area contributed by atoms with E-state index in [4.69, 9.17) is 11.6 Å². The molecule has 28 heavy (non-hydrogen) atoms. The van der Waals surface area contributed by atoms with E-state index >= 15 is 0 Å². The van der Waals surface area contributed by atoms with Crippen LogP contribution in [0, 0.1) is 3.57 Å². The summed E-state index contributed by atoms with van der Waals surface area (Å²) in [6.45, 7) is 1.01. The number of phenolic OH excluding ortho intramolecular Hbond substituents is 2. The number of aromatic hydroxyl groups is 2. The summed E-state index contributed by atoms with van der Waals surface area (Å²) in [7, 11) is 0. The highest BCUT2D eigenvalue weighted by Gasteiger charge is 2.27. The number of halogens is 2. The second-order valence-corrected chi connectivity index (χ2v) is 8.25. The van der Waals surface area contributed by atoms with Crippen LogP contribution in [0.1, 0.15) is 16.8 Å². The summed E-state index contributed by atoms with van der Waals surface area (Å²) in [6, 6.07) is 10.5. The minimum Gasteiger partial charge on any atom is -0.507 e. The van der Waals surface area contributed by atoms with Crippen molar-refractivity contribution in [1.82, 2.24) is 15.1 Å². The van der Waals surface area contributed by atoms with Crippen LogP contribution < -0.4 is 0 Å². The lowest BCUT2D eigenvalue weighted by molar-refractivity contribution is -0.131. The third-order valence-electron chi connectivity index (χ3n) is 4.91. The van der Waals surface area contributed by atoms with Gasteiger partial charge < -0.3 is 15.1 Å². The Morgan fingerprint density at radius 1 is 1.25 bits per heavy atom. The number of aromatic amines is 1. The second kappa shape index (κ2) is 7.63. The lowest BCUT2D eigenvalue weighted by atomic mass is 9.99. The number of rotatable bonds is 3. The van der Waals surface area contributed by atoms with E-state index in [0.29, 0.717) is 37.2 Å². The lowest BCUT2D eigenvalue weighted by Gasteiger charge is -2.27. The molecule has 3 N–H and O–H groups in total. The number of aromatic nitrogens is 2. The molecule has 4 rings (SSSR count). The predicted molar refractivity (Wildman–Crippen MR) is 114 cm³/mol. The Morgan fingerprint density at radius 3 is 2.82 bits per heavy atom. The van der Waals surface area contributed by atoms with Crippen LogP contribution in [0.25, 0.3) is 11.3 Å². The SMILES string of the molecule is O=C(Cc1ccccc1I)N1CCc2[nH]nc(-c3cc(Cl)c(O)cc3O)c2C1. The zero-order valence-electron chi connectivity index (χ0n) is 14.7. The van der Waals surface area contributed by atoms with Crippen LogP contribution in [0.4, 0.5) is 0 Å². The first-order valence-electron chi connectivity index (χ1n) is 8.73. The summed E-state index contributed by atoms with van der Waals surface area (Å²) in [5.41, 5.74) is 3.78. The fourth-order valence-electron chi connectivity index (χ4n) is 3.39. The van der Waals surface area contributed by atoms with Crippen molar-refractivity contribution in [3.05, 3.63) is 61.8 Å². The molecule has 1 aromatic heterocycles. The Hall–Kier alpha value is -2.26. The van der Waals surface area contributed by atoms with Crippen LogP contribution >= 0.6 is 34.2 Å². The Balaban J connectivity index is 1.61. The Kier molecular flexibility index (Phi) is 5.20. The highest BCUT2D eigenvalue weighted by Crippen LogP contribution is 2.39. The molecule has 0 fully saturated rings. The van der Waals surface area contributed by atoms with Crippen molar-refractivity contribution >= 4 is 40.1 Å². The van der Waals surface area contributed by atoms with Crippen molar-refractivity contribution in [2.24, 2.45) is 0 Å². The largest absolute Gasteiger partial charge is 0.507 e. The highest BCUT2D eigenvalue weighted by molar-refractivity contribution is 14.1. The van der Waals surface area contributed by atoms with E-state index in [1.165, 1.54) is 12.1 Å². The fraction of sp³-hybridized carbons (Fsp3) is 0.200. The second-order valence-electron chi connectivity index (χ2n) is 6.68. The van der Waals surface area contributed by atoms with Gasteiger partial charge in [-0.1, -0.05) is 29.8 Å². The van der Waals surface area contributed by atoms with Crippen molar-refractivity contribution in [3.8, 4) is 22.8 Å². The number of amides is 1. The minimum atomic E-state index is -0.193. The molecule has 0 bridgehead atoms. The van der Waals surface area contributed by atoms with E-state index in [1.54, 1.807) is 0 Å².